The Morgan fingerprint density at radius 1 is 0.511 bits per heavy atom. The van der Waals surface area contributed by atoms with Crippen molar-refractivity contribution >= 4 is 82.9 Å². The van der Waals surface area contributed by atoms with Crippen LogP contribution in [0.15, 0.2) is 163 Å². The molecule has 220 valence electrons. The molecule has 9 rings (SSSR count). The monoisotopic (exact) mass is 601 g/mol. The summed E-state index contributed by atoms with van der Waals surface area (Å²) in [5, 5.41) is 11.7. The number of hydrogen-bond donors (Lipinski definition) is 1. The highest BCUT2D eigenvalue weighted by molar-refractivity contribution is 6.38. The molecule has 1 heterocycles. The molecule has 2 N–H and O–H groups in total. The molecular formula is C43H29N4+. The van der Waals surface area contributed by atoms with Crippen molar-refractivity contribution in [2.75, 3.05) is 0 Å². The lowest BCUT2D eigenvalue weighted by atomic mass is 9.93. The average molecular weight is 602 g/mol. The molecule has 0 fully saturated rings. The minimum absolute atomic E-state index is 0.356. The highest BCUT2D eigenvalue weighted by Crippen LogP contribution is 2.43. The van der Waals surface area contributed by atoms with E-state index in [1.165, 1.54) is 32.3 Å². The molecule has 0 radical (unpaired) electrons. The summed E-state index contributed by atoms with van der Waals surface area (Å²) in [6.07, 6.45) is 1.86. The van der Waals surface area contributed by atoms with Gasteiger partial charge in [-0.2, -0.15) is 0 Å². The quantitative estimate of drug-likeness (QED) is 0.0913. The van der Waals surface area contributed by atoms with E-state index in [-0.39, 0.29) is 0 Å². The highest BCUT2D eigenvalue weighted by Gasteiger charge is 2.25. The molecule has 4 heteroatoms. The molecule has 47 heavy (non-hydrogen) atoms. The third-order valence-electron chi connectivity index (χ3n) is 9.14. The second-order valence-corrected chi connectivity index (χ2v) is 11.8. The van der Waals surface area contributed by atoms with Crippen LogP contribution in [-0.4, -0.2) is 22.6 Å². The first-order valence-electron chi connectivity index (χ1n) is 15.8. The molecule has 4 nitrogen and oxygen atoms in total. The van der Waals surface area contributed by atoms with Gasteiger partial charge in [0, 0.05) is 32.1 Å². The van der Waals surface area contributed by atoms with Crippen LogP contribution in [0.4, 0.5) is 0 Å². The van der Waals surface area contributed by atoms with Crippen molar-refractivity contribution in [2.24, 2.45) is 10.7 Å². The first-order chi connectivity index (χ1) is 23.3. The SMILES string of the molecule is NC(=NC(=[N+]=Cc1ccccc1)c1cccc2ccccc12)n1c2ccccc2c2c3c4ccccc4ccc3c3ccccc3c21. The predicted molar refractivity (Wildman–Crippen MR) is 201 cm³/mol. The van der Waals surface area contributed by atoms with Gasteiger partial charge in [-0.1, -0.05) is 146 Å². The zero-order chi connectivity index (χ0) is 31.3. The zero-order valence-corrected chi connectivity index (χ0v) is 25.5. The van der Waals surface area contributed by atoms with Crippen molar-refractivity contribution in [1.82, 2.24) is 9.24 Å². The molecule has 0 bridgehead atoms. The van der Waals surface area contributed by atoms with Crippen LogP contribution in [0, 0.1) is 0 Å². The Hall–Kier alpha value is -6.48. The summed E-state index contributed by atoms with van der Waals surface area (Å²) >= 11 is 0. The van der Waals surface area contributed by atoms with E-state index >= 15 is 0 Å². The molecule has 0 saturated heterocycles. The zero-order valence-electron chi connectivity index (χ0n) is 25.5. The Bertz CT molecular complexity index is 2780. The largest absolute Gasteiger partial charge is 0.426 e. The second kappa shape index (κ2) is 10.8. The molecule has 0 unspecified atom stereocenters. The minimum Gasteiger partial charge on any atom is -0.347 e. The van der Waals surface area contributed by atoms with Gasteiger partial charge in [0.2, 0.25) is 0 Å². The van der Waals surface area contributed by atoms with Gasteiger partial charge in [0.25, 0.3) is 0 Å². The standard InChI is InChI=1S/C43H28N4/c44-43(46-42(45-27-28-13-2-1-3-14-28)36-23-12-17-29-15-4-6-18-31(29)36)47-38-24-11-10-22-37(38)40-39-32-19-7-5-16-30(32)25-26-34(39)33-20-8-9-21-35(33)41(40)47/h1-27,44H/p+1. The van der Waals surface area contributed by atoms with Gasteiger partial charge in [-0.15, -0.1) is 0 Å². The van der Waals surface area contributed by atoms with Gasteiger partial charge in [-0.25, -0.2) is 4.67 Å². The number of amidine groups is 1. The van der Waals surface area contributed by atoms with Crippen LogP contribution in [0.2, 0.25) is 0 Å². The summed E-state index contributed by atoms with van der Waals surface area (Å²) in [7, 11) is 0. The van der Waals surface area contributed by atoms with Gasteiger partial charge in [0.1, 0.15) is 0 Å². The third kappa shape index (κ3) is 4.32. The Kier molecular flexibility index (Phi) is 6.21. The summed E-state index contributed by atoms with van der Waals surface area (Å²) in [5.74, 6) is 0.902. The predicted octanol–water partition coefficient (Wildman–Crippen LogP) is 9.20. The number of nitrogens with zero attached hydrogens (tertiary/aromatic N) is 3. The van der Waals surface area contributed by atoms with Crippen molar-refractivity contribution in [2.45, 2.75) is 0 Å². The third-order valence-corrected chi connectivity index (χ3v) is 9.14. The first kappa shape index (κ1) is 26.9. The molecule has 0 aliphatic heterocycles. The lowest BCUT2D eigenvalue weighted by molar-refractivity contribution is 1.23. The van der Waals surface area contributed by atoms with Crippen molar-refractivity contribution in [1.29, 1.82) is 0 Å². The maximum atomic E-state index is 7.19. The van der Waals surface area contributed by atoms with E-state index in [0.717, 1.165) is 43.7 Å². The number of aromatic nitrogens is 1. The van der Waals surface area contributed by atoms with Crippen LogP contribution in [0.1, 0.15) is 11.1 Å². The fourth-order valence-electron chi connectivity index (χ4n) is 7.09. The van der Waals surface area contributed by atoms with Crippen molar-refractivity contribution in [3.63, 3.8) is 0 Å². The van der Waals surface area contributed by atoms with Crippen molar-refractivity contribution < 1.29 is 0 Å². The van der Waals surface area contributed by atoms with E-state index in [0.29, 0.717) is 11.8 Å². The van der Waals surface area contributed by atoms with Gasteiger partial charge in [-0.3, -0.25) is 4.57 Å². The molecule has 0 saturated carbocycles. The van der Waals surface area contributed by atoms with Crippen LogP contribution in [-0.2, 0) is 0 Å². The number of hydrogen-bond acceptors (Lipinski definition) is 0. The van der Waals surface area contributed by atoms with E-state index in [9.17, 15) is 0 Å². The fourth-order valence-corrected chi connectivity index (χ4v) is 7.09. The lowest BCUT2D eigenvalue weighted by Crippen LogP contribution is -2.24. The summed E-state index contributed by atoms with van der Waals surface area (Å²) < 4.78 is 7.11. The summed E-state index contributed by atoms with van der Waals surface area (Å²) in [6.45, 7) is 0. The molecule has 0 aliphatic carbocycles. The Morgan fingerprint density at radius 2 is 1.13 bits per heavy atom. The Balaban J connectivity index is 1.42. The van der Waals surface area contributed by atoms with Gasteiger partial charge in [-0.05, 0) is 44.5 Å². The smallest absolute Gasteiger partial charge is 0.347 e. The normalized spacial score (nSPS) is 12.0. The van der Waals surface area contributed by atoms with Gasteiger partial charge >= 0.3 is 11.8 Å². The molecule has 0 aliphatic rings. The van der Waals surface area contributed by atoms with Crippen LogP contribution >= 0.6 is 0 Å². The second-order valence-electron chi connectivity index (χ2n) is 11.8. The number of aliphatic imine (C=N–C) groups is 1. The number of fused-ring (bicyclic) bond motifs is 11. The molecule has 9 aromatic rings. The summed E-state index contributed by atoms with van der Waals surface area (Å²) in [6, 6.07) is 54.8. The van der Waals surface area contributed by atoms with E-state index in [4.69, 9.17) is 15.4 Å². The molecular weight excluding hydrogens is 573 g/mol. The van der Waals surface area contributed by atoms with Gasteiger partial charge in [0.15, 0.2) is 6.21 Å². The van der Waals surface area contributed by atoms with E-state index in [2.05, 4.69) is 114 Å². The highest BCUT2D eigenvalue weighted by atomic mass is 15.2. The number of rotatable bonds is 2. The molecule has 0 spiro atoms. The Labute approximate surface area is 271 Å². The van der Waals surface area contributed by atoms with E-state index in [1.807, 2.05) is 54.7 Å². The maximum Gasteiger partial charge on any atom is 0.426 e. The van der Waals surface area contributed by atoms with Crippen LogP contribution < -0.4 is 10.4 Å². The van der Waals surface area contributed by atoms with Crippen molar-refractivity contribution in [3.8, 4) is 0 Å². The molecule has 8 aromatic carbocycles. The molecule has 0 atom stereocenters. The molecule has 1 aromatic heterocycles. The summed E-state index contributed by atoms with van der Waals surface area (Å²) in [5.41, 5.74) is 11.1. The van der Waals surface area contributed by atoms with Crippen molar-refractivity contribution in [3.05, 3.63) is 169 Å². The average Bonchev–Trinajstić information content (AvgIpc) is 3.49. The Morgan fingerprint density at radius 3 is 1.94 bits per heavy atom. The number of nitrogens with two attached hydrogens (primary N) is 1. The van der Waals surface area contributed by atoms with Gasteiger partial charge < -0.3 is 5.73 Å². The first-order valence-corrected chi connectivity index (χ1v) is 15.8. The topological polar surface area (TPSA) is 57.4 Å². The number of para-hydroxylation sites is 1. The van der Waals surface area contributed by atoms with Crippen LogP contribution in [0.5, 0.6) is 0 Å². The van der Waals surface area contributed by atoms with Crippen LogP contribution in [0.3, 0.4) is 0 Å². The van der Waals surface area contributed by atoms with Crippen LogP contribution in [0.25, 0.3) is 64.9 Å². The van der Waals surface area contributed by atoms with E-state index in [1.54, 1.807) is 0 Å². The minimum atomic E-state index is 0.356. The lowest BCUT2D eigenvalue weighted by Gasteiger charge is -2.12. The maximum absolute atomic E-state index is 7.19. The number of benzene rings is 8. The van der Waals surface area contributed by atoms with Gasteiger partial charge in [0.05, 0.1) is 16.6 Å². The van der Waals surface area contributed by atoms with E-state index < -0.39 is 0 Å². The summed E-state index contributed by atoms with van der Waals surface area (Å²) in [4.78, 5) is 5.18. The molecule has 0 amide bonds. The fraction of sp³-hybridized carbons (Fsp3) is 0.